The lowest BCUT2D eigenvalue weighted by Gasteiger charge is -2.37. The molecule has 0 saturated carbocycles. The third-order valence-electron chi connectivity index (χ3n) is 7.35. The van der Waals surface area contributed by atoms with E-state index in [-0.39, 0.29) is 23.3 Å². The molecular formula is C28H26N6O2S3. The van der Waals surface area contributed by atoms with Crippen molar-refractivity contribution in [2.24, 2.45) is 5.73 Å². The molecule has 1 atom stereocenters. The fraction of sp³-hybridized carbons (Fsp3) is 0.321. The smallest absolute Gasteiger partial charge is 0.233 e. The minimum atomic E-state index is -0.457. The van der Waals surface area contributed by atoms with Crippen molar-refractivity contribution in [2.75, 3.05) is 17.2 Å². The molecule has 2 aromatic heterocycles. The van der Waals surface area contributed by atoms with Crippen molar-refractivity contribution in [3.05, 3.63) is 79.9 Å². The van der Waals surface area contributed by atoms with Crippen molar-refractivity contribution in [3.63, 3.8) is 0 Å². The molecule has 3 aliphatic rings. The van der Waals surface area contributed by atoms with Gasteiger partial charge in [0.25, 0.3) is 0 Å². The summed E-state index contributed by atoms with van der Waals surface area (Å²) in [5.41, 5.74) is 10.9. The van der Waals surface area contributed by atoms with E-state index in [2.05, 4.69) is 28.4 Å². The van der Waals surface area contributed by atoms with Gasteiger partial charge in [0.2, 0.25) is 11.0 Å². The largest absolute Gasteiger partial charge is 0.384 e. The second-order valence-corrected chi connectivity index (χ2v) is 13.2. The van der Waals surface area contributed by atoms with Crippen LogP contribution in [0.1, 0.15) is 46.1 Å². The first-order chi connectivity index (χ1) is 18.9. The van der Waals surface area contributed by atoms with Gasteiger partial charge >= 0.3 is 0 Å². The van der Waals surface area contributed by atoms with Crippen molar-refractivity contribution >= 4 is 51.3 Å². The van der Waals surface area contributed by atoms with E-state index in [1.165, 1.54) is 34.2 Å². The number of Topliss-reactive ketones (excluding diaryl/α,β-unsaturated/α-hetero) is 1. The third kappa shape index (κ3) is 4.77. The lowest BCUT2D eigenvalue weighted by molar-refractivity contribution is -0.129. The van der Waals surface area contributed by atoms with Crippen LogP contribution >= 0.6 is 34.4 Å². The predicted molar refractivity (Wildman–Crippen MR) is 153 cm³/mol. The monoisotopic (exact) mass is 574 g/mol. The van der Waals surface area contributed by atoms with E-state index in [9.17, 15) is 14.9 Å². The van der Waals surface area contributed by atoms with E-state index >= 15 is 0 Å². The van der Waals surface area contributed by atoms with Crippen LogP contribution in [0.3, 0.4) is 0 Å². The molecule has 4 heterocycles. The summed E-state index contributed by atoms with van der Waals surface area (Å²) in [7, 11) is 0. The third-order valence-corrected chi connectivity index (χ3v) is 10.4. The van der Waals surface area contributed by atoms with E-state index in [4.69, 9.17) is 5.73 Å². The second-order valence-electron chi connectivity index (χ2n) is 9.74. The highest BCUT2D eigenvalue weighted by atomic mass is 32.2. The molecule has 0 bridgehead atoms. The van der Waals surface area contributed by atoms with E-state index in [0.29, 0.717) is 53.0 Å². The van der Waals surface area contributed by atoms with Gasteiger partial charge in [0, 0.05) is 40.5 Å². The normalized spacial score (nSPS) is 19.2. The Balaban J connectivity index is 1.24. The standard InChI is InChI=1S/C28H26N6O2S3/c1-16-9-10-22(38-16)24-19(13-29)26(30)34(20-7-4-8-21(35)25(20)24)27-31-32-28(39-27)37-15-23(36)33-12-11-17-5-2-3-6-18(17)14-33/h2-3,5-6,9-10,24H,4,7-8,11-12,14-15,30H2,1H3. The fourth-order valence-electron chi connectivity index (χ4n) is 5.47. The molecule has 6 rings (SSSR count). The van der Waals surface area contributed by atoms with Crippen LogP contribution in [0.4, 0.5) is 5.13 Å². The topological polar surface area (TPSA) is 116 Å². The Morgan fingerprint density at radius 3 is 2.74 bits per heavy atom. The molecule has 3 aromatic rings. The molecule has 2 N–H and O–H groups in total. The number of thiophene rings is 1. The molecular weight excluding hydrogens is 549 g/mol. The molecule has 11 heteroatoms. The zero-order valence-electron chi connectivity index (χ0n) is 21.3. The van der Waals surface area contributed by atoms with E-state index in [1.54, 1.807) is 16.2 Å². The van der Waals surface area contributed by atoms with Crippen LogP contribution in [0.25, 0.3) is 0 Å². The van der Waals surface area contributed by atoms with E-state index in [0.717, 1.165) is 21.9 Å². The first-order valence-corrected chi connectivity index (χ1v) is 15.4. The first-order valence-electron chi connectivity index (χ1n) is 12.8. The summed E-state index contributed by atoms with van der Waals surface area (Å²) in [6.45, 7) is 3.34. The van der Waals surface area contributed by atoms with Gasteiger partial charge in [-0.15, -0.1) is 21.5 Å². The molecule has 1 amide bonds. The number of hydrogen-bond acceptors (Lipinski definition) is 10. The SMILES string of the molecule is Cc1ccc(C2C(C#N)=C(N)N(c3nnc(SCC(=O)N4CCc5ccccc5C4)s3)C3=C2C(=O)CCC3)s1. The number of aryl methyl sites for hydroxylation is 1. The Morgan fingerprint density at radius 2 is 1.97 bits per heavy atom. The van der Waals surface area contributed by atoms with Gasteiger partial charge in [-0.05, 0) is 49.4 Å². The lowest BCUT2D eigenvalue weighted by Crippen LogP contribution is -2.38. The summed E-state index contributed by atoms with van der Waals surface area (Å²) in [5.74, 6) is 0.204. The van der Waals surface area contributed by atoms with Crippen LogP contribution in [0.15, 0.2) is 63.4 Å². The van der Waals surface area contributed by atoms with Gasteiger partial charge in [-0.3, -0.25) is 14.5 Å². The maximum absolute atomic E-state index is 13.2. The van der Waals surface area contributed by atoms with Crippen LogP contribution in [0, 0.1) is 18.3 Å². The number of aromatic nitrogens is 2. The number of rotatable bonds is 5. The molecule has 0 fully saturated rings. The number of allylic oxidation sites excluding steroid dienone is 3. The van der Waals surface area contributed by atoms with Gasteiger partial charge in [0.15, 0.2) is 10.1 Å². The molecule has 0 saturated heterocycles. The van der Waals surface area contributed by atoms with Crippen molar-refractivity contribution in [1.29, 1.82) is 5.26 Å². The Morgan fingerprint density at radius 1 is 1.15 bits per heavy atom. The molecule has 1 aromatic carbocycles. The van der Waals surface area contributed by atoms with Crippen LogP contribution in [0.5, 0.6) is 0 Å². The van der Waals surface area contributed by atoms with E-state index in [1.807, 2.05) is 36.1 Å². The molecule has 39 heavy (non-hydrogen) atoms. The number of fused-ring (bicyclic) bond motifs is 1. The zero-order valence-corrected chi connectivity index (χ0v) is 23.8. The number of anilines is 1. The number of thioether (sulfide) groups is 1. The van der Waals surface area contributed by atoms with Crippen molar-refractivity contribution in [1.82, 2.24) is 15.1 Å². The minimum absolute atomic E-state index is 0.0466. The summed E-state index contributed by atoms with van der Waals surface area (Å²) >= 11 is 4.25. The zero-order chi connectivity index (χ0) is 27.1. The number of carbonyl (C=O) groups excluding carboxylic acids is 2. The van der Waals surface area contributed by atoms with Gasteiger partial charge in [0.05, 0.1) is 23.3 Å². The van der Waals surface area contributed by atoms with Gasteiger partial charge in [0.1, 0.15) is 5.82 Å². The maximum Gasteiger partial charge on any atom is 0.233 e. The molecule has 1 unspecified atom stereocenters. The quantitative estimate of drug-likeness (QED) is 0.428. The molecule has 1 aliphatic carbocycles. The highest BCUT2D eigenvalue weighted by molar-refractivity contribution is 8.01. The predicted octanol–water partition coefficient (Wildman–Crippen LogP) is 4.89. The van der Waals surface area contributed by atoms with Gasteiger partial charge in [-0.2, -0.15) is 5.26 Å². The second kappa shape index (κ2) is 10.6. The fourth-order valence-corrected chi connectivity index (χ4v) is 8.25. The Hall–Kier alpha value is -3.46. The summed E-state index contributed by atoms with van der Waals surface area (Å²) < 4.78 is 0.641. The minimum Gasteiger partial charge on any atom is -0.384 e. The van der Waals surface area contributed by atoms with Crippen molar-refractivity contribution < 1.29 is 9.59 Å². The summed E-state index contributed by atoms with van der Waals surface area (Å²) in [6.07, 6.45) is 2.69. The van der Waals surface area contributed by atoms with Gasteiger partial charge < -0.3 is 10.6 Å². The molecule has 0 spiro atoms. The van der Waals surface area contributed by atoms with Gasteiger partial charge in [-0.25, -0.2) is 0 Å². The molecule has 198 valence electrons. The first kappa shape index (κ1) is 25.8. The Bertz CT molecular complexity index is 1580. The Labute approximate surface area is 238 Å². The lowest BCUT2D eigenvalue weighted by atomic mass is 9.78. The number of ketones is 1. The number of nitrogens with two attached hydrogens (primary N) is 1. The van der Waals surface area contributed by atoms with Crippen LogP contribution < -0.4 is 10.6 Å². The van der Waals surface area contributed by atoms with Crippen molar-refractivity contribution in [3.8, 4) is 6.07 Å². The van der Waals surface area contributed by atoms with E-state index < -0.39 is 5.92 Å². The average molecular weight is 575 g/mol. The van der Waals surface area contributed by atoms with Crippen molar-refractivity contribution in [2.45, 2.75) is 49.4 Å². The highest BCUT2D eigenvalue weighted by Crippen LogP contribution is 2.48. The van der Waals surface area contributed by atoms with Crippen LogP contribution in [-0.2, 0) is 22.6 Å². The number of nitrogens with zero attached hydrogens (tertiary/aromatic N) is 5. The number of amides is 1. The maximum atomic E-state index is 13.2. The summed E-state index contributed by atoms with van der Waals surface area (Å²) in [6, 6.07) is 14.5. The van der Waals surface area contributed by atoms with Gasteiger partial charge in [-0.1, -0.05) is 47.4 Å². The number of carbonyl (C=O) groups is 2. The molecule has 0 radical (unpaired) electrons. The molecule has 2 aliphatic heterocycles. The highest BCUT2D eigenvalue weighted by Gasteiger charge is 2.41. The number of benzene rings is 1. The van der Waals surface area contributed by atoms with Crippen LogP contribution in [0.2, 0.25) is 0 Å². The number of nitriles is 1. The summed E-state index contributed by atoms with van der Waals surface area (Å²) in [5, 5.41) is 19.4. The van der Waals surface area contributed by atoms with Crippen LogP contribution in [-0.4, -0.2) is 39.1 Å². The Kier molecular flexibility index (Phi) is 7.01. The molecule has 8 nitrogen and oxygen atoms in total. The summed E-state index contributed by atoms with van der Waals surface area (Å²) in [4.78, 5) is 31.9. The number of hydrogen-bond donors (Lipinski definition) is 1. The average Bonchev–Trinajstić information content (AvgIpc) is 3.60.